The molecule has 1 N–H and O–H groups in total. The number of rotatable bonds is 7. The topological polar surface area (TPSA) is 55.4 Å². The van der Waals surface area contributed by atoms with Gasteiger partial charge in [-0.15, -0.1) is 11.3 Å². The average molecular weight is 365 g/mol. The molecule has 0 aliphatic carbocycles. The van der Waals surface area contributed by atoms with Gasteiger partial charge in [0, 0.05) is 10.6 Å². The monoisotopic (exact) mass is 365 g/mol. The number of hydrogen-bond acceptors (Lipinski definition) is 4. The highest BCUT2D eigenvalue weighted by Gasteiger charge is 2.15. The first-order valence-electron chi connectivity index (χ1n) is 8.37. The summed E-state index contributed by atoms with van der Waals surface area (Å²) in [6.45, 7) is 1.96. The Morgan fingerprint density at radius 1 is 0.962 bits per heavy atom. The van der Waals surface area contributed by atoms with Crippen LogP contribution in [0.25, 0.3) is 0 Å². The maximum atomic E-state index is 12.5. The zero-order valence-corrected chi connectivity index (χ0v) is 15.2. The fraction of sp³-hybridized carbons (Fsp3) is 0.143. The molecule has 1 amide bonds. The van der Waals surface area contributed by atoms with Gasteiger partial charge >= 0.3 is 0 Å². The Bertz CT molecular complexity index is 902. The molecule has 0 aliphatic rings. The van der Waals surface area contributed by atoms with Gasteiger partial charge in [0.05, 0.1) is 10.4 Å². The molecule has 4 nitrogen and oxygen atoms in total. The van der Waals surface area contributed by atoms with Crippen LogP contribution in [0.1, 0.15) is 31.8 Å². The molecule has 1 heterocycles. The number of benzene rings is 2. The summed E-state index contributed by atoms with van der Waals surface area (Å²) in [5.74, 6) is 0.0261. The molecule has 132 valence electrons. The summed E-state index contributed by atoms with van der Waals surface area (Å²) in [5, 5.41) is 2.83. The number of amides is 1. The minimum absolute atomic E-state index is 0.0898. The molecule has 0 saturated heterocycles. The number of aryl methyl sites for hydroxylation is 1. The number of anilines is 1. The molecule has 2 aromatic carbocycles. The third-order valence-corrected chi connectivity index (χ3v) is 5.08. The van der Waals surface area contributed by atoms with E-state index in [0.29, 0.717) is 21.9 Å². The van der Waals surface area contributed by atoms with E-state index in [2.05, 4.69) is 12.2 Å². The van der Waals surface area contributed by atoms with E-state index in [1.807, 2.05) is 42.5 Å². The van der Waals surface area contributed by atoms with Crippen molar-refractivity contribution in [2.24, 2.45) is 0 Å². The molecule has 26 heavy (non-hydrogen) atoms. The van der Waals surface area contributed by atoms with Crippen molar-refractivity contribution >= 4 is 28.7 Å². The average Bonchev–Trinajstić information content (AvgIpc) is 3.16. The quantitative estimate of drug-likeness (QED) is 0.611. The van der Waals surface area contributed by atoms with Crippen LogP contribution in [0.5, 0.6) is 5.75 Å². The SMILES string of the molecule is CCc1ccc(C(=O)COc2ccccc2C(=O)Nc2ccccc2)s1. The van der Waals surface area contributed by atoms with E-state index in [0.717, 1.165) is 11.3 Å². The number of hydrogen-bond donors (Lipinski definition) is 1. The lowest BCUT2D eigenvalue weighted by Crippen LogP contribution is -2.16. The predicted octanol–water partition coefficient (Wildman–Crippen LogP) is 4.82. The second-order valence-corrected chi connectivity index (χ2v) is 6.82. The molecule has 0 bridgehead atoms. The van der Waals surface area contributed by atoms with Crippen molar-refractivity contribution in [1.82, 2.24) is 0 Å². The van der Waals surface area contributed by atoms with E-state index >= 15 is 0 Å². The highest BCUT2D eigenvalue weighted by atomic mass is 32.1. The zero-order chi connectivity index (χ0) is 18.4. The van der Waals surface area contributed by atoms with Gasteiger partial charge in [0.25, 0.3) is 5.91 Å². The summed E-state index contributed by atoms with van der Waals surface area (Å²) in [6, 6.07) is 19.9. The molecule has 0 saturated carbocycles. The van der Waals surface area contributed by atoms with Gasteiger partial charge in [-0.2, -0.15) is 0 Å². The molecule has 0 radical (unpaired) electrons. The van der Waals surface area contributed by atoms with Gasteiger partial charge in [0.1, 0.15) is 5.75 Å². The Balaban J connectivity index is 1.68. The van der Waals surface area contributed by atoms with E-state index in [-0.39, 0.29) is 18.3 Å². The molecule has 0 aliphatic heterocycles. The fourth-order valence-electron chi connectivity index (χ4n) is 2.43. The summed E-state index contributed by atoms with van der Waals surface area (Å²) in [5.41, 5.74) is 1.10. The summed E-state index contributed by atoms with van der Waals surface area (Å²) in [4.78, 5) is 26.7. The lowest BCUT2D eigenvalue weighted by atomic mass is 10.2. The Kier molecular flexibility index (Phi) is 5.81. The smallest absolute Gasteiger partial charge is 0.259 e. The first-order chi connectivity index (χ1) is 12.7. The number of Topliss-reactive ketones (excluding diaryl/α,β-unsaturated/α-hetero) is 1. The van der Waals surface area contributed by atoms with Crippen LogP contribution in [-0.4, -0.2) is 18.3 Å². The number of carbonyl (C=O) groups is 2. The van der Waals surface area contributed by atoms with Crippen molar-refractivity contribution in [1.29, 1.82) is 0 Å². The maximum Gasteiger partial charge on any atom is 0.259 e. The summed E-state index contributed by atoms with van der Waals surface area (Å²) >= 11 is 1.48. The van der Waals surface area contributed by atoms with Crippen LogP contribution < -0.4 is 10.1 Å². The highest BCUT2D eigenvalue weighted by Crippen LogP contribution is 2.21. The van der Waals surface area contributed by atoms with Crippen molar-refractivity contribution in [2.45, 2.75) is 13.3 Å². The van der Waals surface area contributed by atoms with Gasteiger partial charge in [-0.3, -0.25) is 9.59 Å². The second-order valence-electron chi connectivity index (χ2n) is 5.65. The summed E-state index contributed by atoms with van der Waals surface area (Å²) < 4.78 is 5.65. The Morgan fingerprint density at radius 3 is 2.42 bits per heavy atom. The number of ether oxygens (including phenoxy) is 1. The first kappa shape index (κ1) is 17.9. The van der Waals surface area contributed by atoms with Gasteiger partial charge in [-0.1, -0.05) is 37.3 Å². The predicted molar refractivity (Wildman–Crippen MR) is 104 cm³/mol. The van der Waals surface area contributed by atoms with Gasteiger partial charge in [-0.25, -0.2) is 0 Å². The fourth-order valence-corrected chi connectivity index (χ4v) is 3.30. The lowest BCUT2D eigenvalue weighted by Gasteiger charge is -2.11. The van der Waals surface area contributed by atoms with Gasteiger partial charge in [0.15, 0.2) is 6.61 Å². The largest absolute Gasteiger partial charge is 0.485 e. The van der Waals surface area contributed by atoms with E-state index in [1.165, 1.54) is 11.3 Å². The molecule has 3 aromatic rings. The minimum atomic E-state index is -0.274. The molecule has 0 spiro atoms. The van der Waals surface area contributed by atoms with E-state index in [4.69, 9.17) is 4.74 Å². The highest BCUT2D eigenvalue weighted by molar-refractivity contribution is 7.14. The zero-order valence-electron chi connectivity index (χ0n) is 14.4. The molecule has 3 rings (SSSR count). The number of ketones is 1. The van der Waals surface area contributed by atoms with E-state index in [9.17, 15) is 9.59 Å². The summed E-state index contributed by atoms with van der Waals surface area (Å²) in [7, 11) is 0. The van der Waals surface area contributed by atoms with Crippen LogP contribution in [-0.2, 0) is 6.42 Å². The van der Waals surface area contributed by atoms with Crippen LogP contribution in [0.4, 0.5) is 5.69 Å². The van der Waals surface area contributed by atoms with Crippen LogP contribution in [0.15, 0.2) is 66.7 Å². The molecular formula is C21H19NO3S. The van der Waals surface area contributed by atoms with E-state index in [1.54, 1.807) is 24.3 Å². The van der Waals surface area contributed by atoms with Gasteiger partial charge < -0.3 is 10.1 Å². The van der Waals surface area contributed by atoms with Crippen LogP contribution >= 0.6 is 11.3 Å². The van der Waals surface area contributed by atoms with E-state index < -0.39 is 0 Å². The first-order valence-corrected chi connectivity index (χ1v) is 9.19. The Labute approximate surface area is 156 Å². The molecule has 0 atom stereocenters. The number of para-hydroxylation sites is 2. The molecule has 0 unspecified atom stereocenters. The Morgan fingerprint density at radius 2 is 1.69 bits per heavy atom. The number of nitrogens with one attached hydrogen (secondary N) is 1. The lowest BCUT2D eigenvalue weighted by molar-refractivity contribution is 0.0918. The van der Waals surface area contributed by atoms with Crippen molar-refractivity contribution < 1.29 is 14.3 Å². The molecule has 0 fully saturated rings. The summed E-state index contributed by atoms with van der Waals surface area (Å²) in [6.07, 6.45) is 0.904. The second kappa shape index (κ2) is 8.45. The standard InChI is InChI=1S/C21H19NO3S/c1-2-16-12-13-20(26-16)18(23)14-25-19-11-7-6-10-17(19)21(24)22-15-8-4-3-5-9-15/h3-13H,2,14H2,1H3,(H,22,24). The normalized spacial score (nSPS) is 10.3. The molecular weight excluding hydrogens is 346 g/mol. The Hall–Kier alpha value is -2.92. The number of carbonyl (C=O) groups excluding carboxylic acids is 2. The van der Waals surface area contributed by atoms with Crippen LogP contribution in [0, 0.1) is 0 Å². The van der Waals surface area contributed by atoms with Crippen molar-refractivity contribution in [2.75, 3.05) is 11.9 Å². The van der Waals surface area contributed by atoms with Crippen molar-refractivity contribution in [3.8, 4) is 5.75 Å². The minimum Gasteiger partial charge on any atom is -0.485 e. The van der Waals surface area contributed by atoms with Crippen molar-refractivity contribution in [3.05, 3.63) is 82.0 Å². The van der Waals surface area contributed by atoms with Crippen LogP contribution in [0.2, 0.25) is 0 Å². The molecule has 1 aromatic heterocycles. The van der Waals surface area contributed by atoms with Gasteiger partial charge in [-0.05, 0) is 42.8 Å². The molecule has 5 heteroatoms. The van der Waals surface area contributed by atoms with Crippen molar-refractivity contribution in [3.63, 3.8) is 0 Å². The maximum absolute atomic E-state index is 12.5. The third kappa shape index (κ3) is 4.37. The van der Waals surface area contributed by atoms with Gasteiger partial charge in [0.2, 0.25) is 5.78 Å². The third-order valence-electron chi connectivity index (χ3n) is 3.81. The number of thiophene rings is 1. The van der Waals surface area contributed by atoms with Crippen LogP contribution in [0.3, 0.4) is 0 Å².